The van der Waals surface area contributed by atoms with Gasteiger partial charge in [-0.25, -0.2) is 4.79 Å². The fourth-order valence-electron chi connectivity index (χ4n) is 1.54. The summed E-state index contributed by atoms with van der Waals surface area (Å²) in [5.74, 6) is -5.14. The number of hydrogen-bond donors (Lipinski definition) is 1. The van der Waals surface area contributed by atoms with Crippen molar-refractivity contribution in [3.63, 3.8) is 0 Å². The van der Waals surface area contributed by atoms with Gasteiger partial charge >= 0.3 is 12.1 Å². The van der Waals surface area contributed by atoms with Crippen molar-refractivity contribution in [3.8, 4) is 0 Å². The molecule has 1 aromatic carbocycles. The van der Waals surface area contributed by atoms with Crippen LogP contribution in [0.3, 0.4) is 0 Å². The van der Waals surface area contributed by atoms with Crippen molar-refractivity contribution in [2.45, 2.75) is 19.5 Å². The molecule has 1 rings (SSSR count). The van der Waals surface area contributed by atoms with Crippen LogP contribution in [0.25, 0.3) is 0 Å². The van der Waals surface area contributed by atoms with E-state index in [4.69, 9.17) is 5.11 Å². The molecule has 7 heteroatoms. The van der Waals surface area contributed by atoms with E-state index in [1.807, 2.05) is 0 Å². The summed E-state index contributed by atoms with van der Waals surface area (Å²) in [6.45, 7) is 1.12. The molecular weight excluding hydrogens is 277 g/mol. The monoisotopic (exact) mass is 288 g/mol. The maximum absolute atomic E-state index is 12.5. The average Bonchev–Trinajstić information content (AvgIpc) is 2.36. The van der Waals surface area contributed by atoms with Gasteiger partial charge in [0.1, 0.15) is 5.78 Å². The minimum atomic E-state index is -4.53. The Morgan fingerprint density at radius 3 is 2.35 bits per heavy atom. The Balaban J connectivity index is 2.86. The van der Waals surface area contributed by atoms with Gasteiger partial charge in [0.2, 0.25) is 5.78 Å². The molecule has 0 heterocycles. The number of aliphatic carboxylic acids is 1. The van der Waals surface area contributed by atoms with Crippen molar-refractivity contribution < 1.29 is 32.7 Å². The van der Waals surface area contributed by atoms with E-state index in [1.165, 1.54) is 6.07 Å². The molecule has 0 aliphatic rings. The molecule has 1 atom stereocenters. The van der Waals surface area contributed by atoms with Crippen LogP contribution in [0.2, 0.25) is 0 Å². The highest BCUT2D eigenvalue weighted by Gasteiger charge is 2.31. The zero-order valence-corrected chi connectivity index (χ0v) is 10.4. The first-order valence-electron chi connectivity index (χ1n) is 5.59. The van der Waals surface area contributed by atoms with Gasteiger partial charge in [-0.3, -0.25) is 9.59 Å². The summed E-state index contributed by atoms with van der Waals surface area (Å²) < 4.78 is 37.4. The molecule has 4 nitrogen and oxygen atoms in total. The highest BCUT2D eigenvalue weighted by atomic mass is 19.4. The van der Waals surface area contributed by atoms with Crippen molar-refractivity contribution in [1.82, 2.24) is 0 Å². The molecule has 0 saturated carbocycles. The Morgan fingerprint density at radius 1 is 1.25 bits per heavy atom. The van der Waals surface area contributed by atoms with E-state index in [2.05, 4.69) is 0 Å². The number of ketones is 2. The van der Waals surface area contributed by atoms with Crippen LogP contribution in [-0.4, -0.2) is 22.6 Å². The second kappa shape index (κ2) is 5.85. The SMILES string of the molecule is CC(C(=O)Cc1cccc(C(F)(F)F)c1)C(=O)C(=O)O. The molecule has 0 amide bonds. The average molecular weight is 288 g/mol. The lowest BCUT2D eigenvalue weighted by atomic mass is 9.95. The summed E-state index contributed by atoms with van der Waals surface area (Å²) in [4.78, 5) is 33.2. The van der Waals surface area contributed by atoms with Crippen LogP contribution in [0.4, 0.5) is 13.2 Å². The third-order valence-corrected chi connectivity index (χ3v) is 2.72. The lowest BCUT2D eigenvalue weighted by Crippen LogP contribution is -2.28. The summed E-state index contributed by atoms with van der Waals surface area (Å²) in [6, 6.07) is 4.12. The van der Waals surface area contributed by atoms with Crippen LogP contribution >= 0.6 is 0 Å². The quantitative estimate of drug-likeness (QED) is 0.665. The van der Waals surface area contributed by atoms with Gasteiger partial charge in [-0.05, 0) is 18.6 Å². The summed E-state index contributed by atoms with van der Waals surface area (Å²) in [5, 5.41) is 8.47. The van der Waals surface area contributed by atoms with Crippen molar-refractivity contribution >= 4 is 17.5 Å². The van der Waals surface area contributed by atoms with Crippen LogP contribution in [0, 0.1) is 5.92 Å². The maximum Gasteiger partial charge on any atom is 0.416 e. The van der Waals surface area contributed by atoms with Gasteiger partial charge in [0, 0.05) is 6.42 Å². The first-order valence-corrected chi connectivity index (χ1v) is 5.59. The number of carbonyl (C=O) groups is 3. The largest absolute Gasteiger partial charge is 0.475 e. The van der Waals surface area contributed by atoms with E-state index in [0.29, 0.717) is 0 Å². The van der Waals surface area contributed by atoms with E-state index in [0.717, 1.165) is 25.1 Å². The predicted molar refractivity (Wildman–Crippen MR) is 62.0 cm³/mol. The molecule has 0 aromatic heterocycles. The Kier molecular flexibility index (Phi) is 4.65. The molecule has 0 aliphatic heterocycles. The Morgan fingerprint density at radius 2 is 1.85 bits per heavy atom. The second-order valence-corrected chi connectivity index (χ2v) is 4.23. The Labute approximate surface area is 112 Å². The Hall–Kier alpha value is -2.18. The van der Waals surface area contributed by atoms with Crippen LogP contribution in [0.15, 0.2) is 24.3 Å². The number of alkyl halides is 3. The van der Waals surface area contributed by atoms with E-state index in [9.17, 15) is 27.6 Å². The summed E-state index contributed by atoms with van der Waals surface area (Å²) in [5.41, 5.74) is -0.824. The van der Waals surface area contributed by atoms with E-state index in [1.54, 1.807) is 0 Å². The summed E-state index contributed by atoms with van der Waals surface area (Å²) >= 11 is 0. The van der Waals surface area contributed by atoms with E-state index >= 15 is 0 Å². The zero-order chi connectivity index (χ0) is 15.5. The first kappa shape index (κ1) is 15.9. The van der Waals surface area contributed by atoms with Gasteiger partial charge in [0.05, 0.1) is 11.5 Å². The topological polar surface area (TPSA) is 71.4 Å². The van der Waals surface area contributed by atoms with Crippen LogP contribution in [0.1, 0.15) is 18.1 Å². The highest BCUT2D eigenvalue weighted by molar-refractivity contribution is 6.37. The summed E-state index contributed by atoms with van der Waals surface area (Å²) in [6.07, 6.45) is -4.95. The molecule has 0 spiro atoms. The van der Waals surface area contributed by atoms with E-state index in [-0.39, 0.29) is 5.56 Å². The van der Waals surface area contributed by atoms with Crippen molar-refractivity contribution in [3.05, 3.63) is 35.4 Å². The maximum atomic E-state index is 12.5. The van der Waals surface area contributed by atoms with E-state index < -0.39 is 41.6 Å². The number of hydrogen-bond acceptors (Lipinski definition) is 3. The fourth-order valence-corrected chi connectivity index (χ4v) is 1.54. The molecule has 1 N–H and O–H groups in total. The molecular formula is C13H11F3O4. The summed E-state index contributed by atoms with van der Waals surface area (Å²) in [7, 11) is 0. The number of carboxylic acids is 1. The Bertz CT molecular complexity index is 549. The zero-order valence-electron chi connectivity index (χ0n) is 10.4. The van der Waals surface area contributed by atoms with Gasteiger partial charge < -0.3 is 5.11 Å². The van der Waals surface area contributed by atoms with Gasteiger partial charge in [-0.15, -0.1) is 0 Å². The number of carboxylic acid groups (broad SMARTS) is 1. The molecule has 0 fully saturated rings. The van der Waals surface area contributed by atoms with Crippen LogP contribution < -0.4 is 0 Å². The number of benzene rings is 1. The third-order valence-electron chi connectivity index (χ3n) is 2.72. The normalized spacial score (nSPS) is 12.8. The second-order valence-electron chi connectivity index (χ2n) is 4.23. The predicted octanol–water partition coefficient (Wildman–Crippen LogP) is 2.11. The molecule has 0 aliphatic carbocycles. The minimum Gasteiger partial charge on any atom is -0.475 e. The number of Topliss-reactive ketones (excluding diaryl/α,β-unsaturated/α-hetero) is 2. The van der Waals surface area contributed by atoms with Crippen molar-refractivity contribution in [1.29, 1.82) is 0 Å². The molecule has 20 heavy (non-hydrogen) atoms. The number of carbonyl (C=O) groups excluding carboxylic acids is 2. The lowest BCUT2D eigenvalue weighted by Gasteiger charge is -2.10. The molecule has 0 bridgehead atoms. The molecule has 0 radical (unpaired) electrons. The minimum absolute atomic E-state index is 0.0786. The van der Waals surface area contributed by atoms with Crippen LogP contribution in [-0.2, 0) is 27.0 Å². The van der Waals surface area contributed by atoms with Crippen LogP contribution in [0.5, 0.6) is 0 Å². The van der Waals surface area contributed by atoms with Crippen molar-refractivity contribution in [2.75, 3.05) is 0 Å². The highest BCUT2D eigenvalue weighted by Crippen LogP contribution is 2.29. The standard InChI is InChI=1S/C13H11F3O4/c1-7(11(18)12(19)20)10(17)6-8-3-2-4-9(5-8)13(14,15)16/h2-5,7H,6H2,1H3,(H,19,20). The third kappa shape index (κ3) is 3.91. The molecule has 1 aromatic rings. The number of rotatable bonds is 5. The van der Waals surface area contributed by atoms with Gasteiger partial charge in [-0.1, -0.05) is 18.2 Å². The number of halogens is 3. The molecule has 108 valence electrons. The first-order chi connectivity index (χ1) is 9.12. The van der Waals surface area contributed by atoms with Gasteiger partial charge in [0.25, 0.3) is 0 Å². The molecule has 0 saturated heterocycles. The molecule has 1 unspecified atom stereocenters. The fraction of sp³-hybridized carbons (Fsp3) is 0.308. The smallest absolute Gasteiger partial charge is 0.416 e. The van der Waals surface area contributed by atoms with Gasteiger partial charge in [0.15, 0.2) is 0 Å². The van der Waals surface area contributed by atoms with Crippen molar-refractivity contribution in [2.24, 2.45) is 5.92 Å². The van der Waals surface area contributed by atoms with Gasteiger partial charge in [-0.2, -0.15) is 13.2 Å². The lowest BCUT2D eigenvalue weighted by molar-refractivity contribution is -0.152.